The number of nitrogens with one attached hydrogen (secondary N) is 1. The van der Waals surface area contributed by atoms with E-state index >= 15 is 0 Å². The number of oxazole rings is 1. The molecule has 4 rings (SSSR count). The van der Waals surface area contributed by atoms with Crippen LogP contribution in [0.2, 0.25) is 0 Å². The largest absolute Gasteiger partial charge is 0.445 e. The molecule has 8 nitrogen and oxygen atoms in total. The molecule has 1 atom stereocenters. The average Bonchev–Trinajstić information content (AvgIpc) is 3.01. The molecule has 1 N–H and O–H groups in total. The van der Waals surface area contributed by atoms with Crippen LogP contribution in [0.5, 0.6) is 0 Å². The predicted octanol–water partition coefficient (Wildman–Crippen LogP) is 1.72. The second-order valence-electron chi connectivity index (χ2n) is 5.57. The molecule has 2 aromatic rings. The zero-order valence-corrected chi connectivity index (χ0v) is 11.9. The Morgan fingerprint density at radius 2 is 2.27 bits per heavy atom. The first-order valence-electron chi connectivity index (χ1n) is 7.47. The van der Waals surface area contributed by atoms with E-state index in [0.717, 1.165) is 31.5 Å². The molecule has 1 unspecified atom stereocenters. The fourth-order valence-electron chi connectivity index (χ4n) is 2.53. The van der Waals surface area contributed by atoms with Crippen molar-refractivity contribution in [2.75, 3.05) is 6.61 Å². The third-order valence-corrected chi connectivity index (χ3v) is 3.86. The Hall–Kier alpha value is -2.22. The molecule has 1 aliphatic heterocycles. The van der Waals surface area contributed by atoms with Crippen LogP contribution in [-0.2, 0) is 11.3 Å². The van der Waals surface area contributed by atoms with Gasteiger partial charge in [0.1, 0.15) is 6.10 Å². The van der Waals surface area contributed by atoms with Crippen LogP contribution in [0.15, 0.2) is 15.3 Å². The molecule has 2 aromatic heterocycles. The van der Waals surface area contributed by atoms with Crippen LogP contribution < -0.4 is 5.32 Å². The normalized spacial score (nSPS) is 21.2. The number of aromatic nitrogens is 3. The lowest BCUT2D eigenvalue weighted by Gasteiger charge is -2.07. The number of hydrogen-bond donors (Lipinski definition) is 1. The lowest BCUT2D eigenvalue weighted by atomic mass is 10.1. The van der Waals surface area contributed by atoms with Gasteiger partial charge in [-0.3, -0.25) is 4.79 Å². The van der Waals surface area contributed by atoms with Gasteiger partial charge in [0.15, 0.2) is 23.7 Å². The van der Waals surface area contributed by atoms with Crippen molar-refractivity contribution >= 4 is 5.91 Å². The van der Waals surface area contributed by atoms with Gasteiger partial charge in [0.25, 0.3) is 5.91 Å². The Balaban J connectivity index is 1.40. The lowest BCUT2D eigenvalue weighted by Crippen LogP contribution is -2.24. The van der Waals surface area contributed by atoms with Gasteiger partial charge in [-0.1, -0.05) is 5.16 Å². The number of nitrogens with zero attached hydrogens (tertiary/aromatic N) is 3. The van der Waals surface area contributed by atoms with E-state index in [9.17, 15) is 4.79 Å². The zero-order chi connectivity index (χ0) is 14.9. The van der Waals surface area contributed by atoms with E-state index in [0.29, 0.717) is 24.2 Å². The molecular formula is C14H16N4O4. The van der Waals surface area contributed by atoms with Crippen molar-refractivity contribution < 1.29 is 18.5 Å². The quantitative estimate of drug-likeness (QED) is 0.896. The van der Waals surface area contributed by atoms with Crippen LogP contribution in [0.4, 0.5) is 0 Å². The fraction of sp³-hybridized carbons (Fsp3) is 0.571. The van der Waals surface area contributed by atoms with Crippen molar-refractivity contribution in [3.05, 3.63) is 29.6 Å². The van der Waals surface area contributed by atoms with Crippen molar-refractivity contribution in [3.63, 3.8) is 0 Å². The Kier molecular flexibility index (Phi) is 3.38. The summed E-state index contributed by atoms with van der Waals surface area (Å²) in [6, 6.07) is 0. The summed E-state index contributed by atoms with van der Waals surface area (Å²) < 4.78 is 16.0. The summed E-state index contributed by atoms with van der Waals surface area (Å²) in [5.41, 5.74) is 0.258. The molecule has 116 valence electrons. The van der Waals surface area contributed by atoms with Crippen LogP contribution >= 0.6 is 0 Å². The first-order chi connectivity index (χ1) is 10.8. The van der Waals surface area contributed by atoms with Crippen LogP contribution in [0.1, 0.15) is 65.7 Å². The highest BCUT2D eigenvalue weighted by molar-refractivity contribution is 5.93. The Morgan fingerprint density at radius 3 is 3.05 bits per heavy atom. The predicted molar refractivity (Wildman–Crippen MR) is 71.9 cm³/mol. The third kappa shape index (κ3) is 2.61. The summed E-state index contributed by atoms with van der Waals surface area (Å²) in [7, 11) is 0. The molecule has 1 saturated heterocycles. The maximum Gasteiger partial charge on any atom is 0.274 e. The SMILES string of the molecule is O=C(NCc1nc(C2CC2)no1)c1ncoc1C1CCCO1. The van der Waals surface area contributed by atoms with E-state index in [2.05, 4.69) is 20.4 Å². The average molecular weight is 304 g/mol. The number of ether oxygens (including phenoxy) is 1. The Bertz CT molecular complexity index is 670. The van der Waals surface area contributed by atoms with E-state index in [1.807, 2.05) is 0 Å². The summed E-state index contributed by atoms with van der Waals surface area (Å²) >= 11 is 0. The minimum absolute atomic E-state index is 0.177. The number of carbonyl (C=O) groups excluding carboxylic acids is 1. The van der Waals surface area contributed by atoms with E-state index in [1.165, 1.54) is 6.39 Å². The van der Waals surface area contributed by atoms with Gasteiger partial charge in [-0.25, -0.2) is 4.98 Å². The molecule has 2 fully saturated rings. The smallest absolute Gasteiger partial charge is 0.274 e. The highest BCUT2D eigenvalue weighted by Gasteiger charge is 2.30. The van der Waals surface area contributed by atoms with Gasteiger partial charge in [0, 0.05) is 12.5 Å². The number of hydrogen-bond acceptors (Lipinski definition) is 7. The summed E-state index contributed by atoms with van der Waals surface area (Å²) in [5.74, 6) is 1.71. The Labute approximate surface area is 126 Å². The van der Waals surface area contributed by atoms with Gasteiger partial charge in [-0.15, -0.1) is 0 Å². The summed E-state index contributed by atoms with van der Waals surface area (Å²) in [4.78, 5) is 20.5. The molecule has 1 amide bonds. The van der Waals surface area contributed by atoms with Crippen molar-refractivity contribution in [3.8, 4) is 0 Å². The van der Waals surface area contributed by atoms with Gasteiger partial charge in [0.05, 0.1) is 6.54 Å². The second kappa shape index (κ2) is 5.53. The first-order valence-corrected chi connectivity index (χ1v) is 7.47. The maximum absolute atomic E-state index is 12.2. The van der Waals surface area contributed by atoms with E-state index in [4.69, 9.17) is 13.7 Å². The van der Waals surface area contributed by atoms with Crippen LogP contribution in [0.25, 0.3) is 0 Å². The minimum atomic E-state index is -0.328. The molecule has 2 aliphatic rings. The van der Waals surface area contributed by atoms with Crippen molar-refractivity contribution in [1.29, 1.82) is 0 Å². The standard InChI is InChI=1S/C14H16N4O4/c19-14(11-12(21-7-16-11)9-2-1-5-20-9)15-6-10-17-13(18-22-10)8-3-4-8/h7-9H,1-6H2,(H,15,19). The monoisotopic (exact) mass is 304 g/mol. The maximum atomic E-state index is 12.2. The second-order valence-corrected chi connectivity index (χ2v) is 5.57. The zero-order valence-electron chi connectivity index (χ0n) is 11.9. The molecule has 22 heavy (non-hydrogen) atoms. The summed E-state index contributed by atoms with van der Waals surface area (Å²) in [6.45, 7) is 0.856. The third-order valence-electron chi connectivity index (χ3n) is 3.86. The molecule has 0 bridgehead atoms. The van der Waals surface area contributed by atoms with E-state index in [-0.39, 0.29) is 24.2 Å². The Morgan fingerprint density at radius 1 is 1.36 bits per heavy atom. The molecule has 0 radical (unpaired) electrons. The molecule has 8 heteroatoms. The lowest BCUT2D eigenvalue weighted by molar-refractivity contribution is 0.0858. The molecule has 0 aromatic carbocycles. The fourth-order valence-corrected chi connectivity index (χ4v) is 2.53. The minimum Gasteiger partial charge on any atom is -0.445 e. The molecule has 1 saturated carbocycles. The van der Waals surface area contributed by atoms with Gasteiger partial charge < -0.3 is 19.0 Å². The van der Waals surface area contributed by atoms with Gasteiger partial charge in [-0.2, -0.15) is 4.98 Å². The van der Waals surface area contributed by atoms with Crippen molar-refractivity contribution in [1.82, 2.24) is 20.4 Å². The first kappa shape index (κ1) is 13.4. The summed E-state index contributed by atoms with van der Waals surface area (Å²) in [6.07, 6.45) is 5.09. The topological polar surface area (TPSA) is 103 Å². The van der Waals surface area contributed by atoms with Crippen LogP contribution in [0.3, 0.4) is 0 Å². The van der Waals surface area contributed by atoms with E-state index < -0.39 is 0 Å². The number of carbonyl (C=O) groups is 1. The molecule has 3 heterocycles. The van der Waals surface area contributed by atoms with Crippen molar-refractivity contribution in [2.45, 2.75) is 44.2 Å². The number of amides is 1. The number of rotatable bonds is 5. The van der Waals surface area contributed by atoms with Gasteiger partial charge in [0.2, 0.25) is 5.89 Å². The van der Waals surface area contributed by atoms with Crippen molar-refractivity contribution in [2.24, 2.45) is 0 Å². The van der Waals surface area contributed by atoms with Crippen LogP contribution in [0, 0.1) is 0 Å². The molecule has 1 aliphatic carbocycles. The molecule has 0 spiro atoms. The highest BCUT2D eigenvalue weighted by atomic mass is 16.5. The van der Waals surface area contributed by atoms with Crippen LogP contribution in [-0.4, -0.2) is 27.6 Å². The summed E-state index contributed by atoms with van der Waals surface area (Å²) in [5, 5.41) is 6.63. The van der Waals surface area contributed by atoms with Gasteiger partial charge in [-0.05, 0) is 25.7 Å². The molecular weight excluding hydrogens is 288 g/mol. The highest BCUT2D eigenvalue weighted by Crippen LogP contribution is 2.38. The van der Waals surface area contributed by atoms with E-state index in [1.54, 1.807) is 0 Å². The van der Waals surface area contributed by atoms with Gasteiger partial charge >= 0.3 is 0 Å².